The first kappa shape index (κ1) is 17.4. The Morgan fingerprint density at radius 1 is 1.14 bits per heavy atom. The van der Waals surface area contributed by atoms with Crippen LogP contribution in [0.3, 0.4) is 0 Å². The molecule has 0 bridgehead atoms. The van der Waals surface area contributed by atoms with E-state index >= 15 is 0 Å². The van der Waals surface area contributed by atoms with Gasteiger partial charge in [-0.25, -0.2) is 4.79 Å². The van der Waals surface area contributed by atoms with Crippen molar-refractivity contribution in [1.82, 2.24) is 5.32 Å². The standard InChI is InChI=1S/C14H24N2O5/c15-10(8-9-4-2-1-3-5-9)13(19)16-11(14(20)21)6-7-12(17)18/h9-11H,1-8,15H2,(H,16,19)(H,17,18)(H,20,21)/t10-,11-/m0/s1. The Hall–Kier alpha value is -1.63. The van der Waals surface area contributed by atoms with Gasteiger partial charge in [-0.15, -0.1) is 0 Å². The van der Waals surface area contributed by atoms with E-state index in [0.29, 0.717) is 12.3 Å². The molecule has 0 saturated heterocycles. The lowest BCUT2D eigenvalue weighted by atomic mass is 9.85. The molecule has 5 N–H and O–H groups in total. The van der Waals surface area contributed by atoms with E-state index in [4.69, 9.17) is 15.9 Å². The number of rotatable bonds is 8. The second-order valence-electron chi connectivity index (χ2n) is 5.68. The first-order valence-electron chi connectivity index (χ1n) is 7.40. The summed E-state index contributed by atoms with van der Waals surface area (Å²) in [4.78, 5) is 33.4. The molecule has 0 unspecified atom stereocenters. The van der Waals surface area contributed by atoms with Crippen LogP contribution in [0.4, 0.5) is 0 Å². The molecular weight excluding hydrogens is 276 g/mol. The van der Waals surface area contributed by atoms with Crippen molar-refractivity contribution in [3.05, 3.63) is 0 Å². The molecule has 7 nitrogen and oxygen atoms in total. The van der Waals surface area contributed by atoms with Gasteiger partial charge in [-0.1, -0.05) is 32.1 Å². The zero-order chi connectivity index (χ0) is 15.8. The van der Waals surface area contributed by atoms with Crippen molar-refractivity contribution < 1.29 is 24.6 Å². The van der Waals surface area contributed by atoms with Crippen molar-refractivity contribution in [2.45, 2.75) is 63.5 Å². The van der Waals surface area contributed by atoms with E-state index in [1.807, 2.05) is 0 Å². The third-order valence-electron chi connectivity index (χ3n) is 3.91. The van der Waals surface area contributed by atoms with E-state index in [9.17, 15) is 14.4 Å². The van der Waals surface area contributed by atoms with Gasteiger partial charge in [-0.05, 0) is 18.8 Å². The monoisotopic (exact) mass is 300 g/mol. The molecule has 0 radical (unpaired) electrons. The van der Waals surface area contributed by atoms with Crippen LogP contribution in [0.15, 0.2) is 0 Å². The Labute approximate surface area is 123 Å². The van der Waals surface area contributed by atoms with Gasteiger partial charge >= 0.3 is 11.9 Å². The highest BCUT2D eigenvalue weighted by molar-refractivity contribution is 5.87. The van der Waals surface area contributed by atoms with Crippen molar-refractivity contribution in [3.63, 3.8) is 0 Å². The summed E-state index contributed by atoms with van der Waals surface area (Å²) < 4.78 is 0. The summed E-state index contributed by atoms with van der Waals surface area (Å²) in [7, 11) is 0. The zero-order valence-corrected chi connectivity index (χ0v) is 12.1. The lowest BCUT2D eigenvalue weighted by Gasteiger charge is -2.25. The van der Waals surface area contributed by atoms with E-state index in [1.165, 1.54) is 6.42 Å². The van der Waals surface area contributed by atoms with Crippen LogP contribution in [-0.4, -0.2) is 40.1 Å². The van der Waals surface area contributed by atoms with Crippen LogP contribution in [0.5, 0.6) is 0 Å². The largest absolute Gasteiger partial charge is 0.481 e. The molecule has 21 heavy (non-hydrogen) atoms. The van der Waals surface area contributed by atoms with Crippen molar-refractivity contribution in [2.75, 3.05) is 0 Å². The fraction of sp³-hybridized carbons (Fsp3) is 0.786. The molecule has 1 saturated carbocycles. The molecule has 0 spiro atoms. The van der Waals surface area contributed by atoms with Gasteiger partial charge in [-0.3, -0.25) is 9.59 Å². The van der Waals surface area contributed by atoms with E-state index < -0.39 is 29.9 Å². The van der Waals surface area contributed by atoms with Crippen molar-refractivity contribution in [1.29, 1.82) is 0 Å². The minimum absolute atomic E-state index is 0.146. The highest BCUT2D eigenvalue weighted by atomic mass is 16.4. The highest BCUT2D eigenvalue weighted by Crippen LogP contribution is 2.26. The molecule has 1 aliphatic carbocycles. The van der Waals surface area contributed by atoms with Crippen molar-refractivity contribution in [2.24, 2.45) is 11.7 Å². The van der Waals surface area contributed by atoms with E-state index in [-0.39, 0.29) is 12.8 Å². The van der Waals surface area contributed by atoms with Gasteiger partial charge in [0.15, 0.2) is 0 Å². The second-order valence-corrected chi connectivity index (χ2v) is 5.68. The first-order chi connectivity index (χ1) is 9.90. The number of aliphatic carboxylic acids is 2. The number of hydrogen-bond acceptors (Lipinski definition) is 4. The van der Waals surface area contributed by atoms with E-state index in [0.717, 1.165) is 25.7 Å². The molecule has 7 heteroatoms. The predicted molar refractivity (Wildman–Crippen MR) is 75.6 cm³/mol. The van der Waals surface area contributed by atoms with E-state index in [1.54, 1.807) is 0 Å². The van der Waals surface area contributed by atoms with Crippen LogP contribution in [0, 0.1) is 5.92 Å². The minimum atomic E-state index is -1.24. The predicted octanol–water partition coefficient (Wildman–Crippen LogP) is 0.718. The third kappa shape index (κ3) is 6.57. The molecule has 0 heterocycles. The molecule has 1 amide bonds. The fourth-order valence-electron chi connectivity index (χ4n) is 2.69. The van der Waals surface area contributed by atoms with Gasteiger partial charge < -0.3 is 21.3 Å². The summed E-state index contributed by atoms with van der Waals surface area (Å²) in [5.74, 6) is -2.43. The summed E-state index contributed by atoms with van der Waals surface area (Å²) in [5, 5.41) is 19.9. The van der Waals surface area contributed by atoms with Crippen LogP contribution in [0.25, 0.3) is 0 Å². The molecule has 0 aromatic carbocycles. The lowest BCUT2D eigenvalue weighted by Crippen LogP contribution is -2.49. The number of carboxylic acid groups (broad SMARTS) is 2. The maximum Gasteiger partial charge on any atom is 0.326 e. The summed E-state index contributed by atoms with van der Waals surface area (Å²) >= 11 is 0. The first-order valence-corrected chi connectivity index (χ1v) is 7.40. The fourth-order valence-corrected chi connectivity index (χ4v) is 2.69. The highest BCUT2D eigenvalue weighted by Gasteiger charge is 2.26. The maximum absolute atomic E-state index is 11.9. The Morgan fingerprint density at radius 3 is 2.29 bits per heavy atom. The molecule has 0 aromatic rings. The minimum Gasteiger partial charge on any atom is -0.481 e. The second kappa shape index (κ2) is 8.61. The van der Waals surface area contributed by atoms with Gasteiger partial charge in [0, 0.05) is 6.42 Å². The number of nitrogens with one attached hydrogen (secondary N) is 1. The SMILES string of the molecule is N[C@@H](CC1CCCCC1)C(=O)N[C@@H](CCC(=O)O)C(=O)O. The lowest BCUT2D eigenvalue weighted by molar-refractivity contribution is -0.143. The van der Waals surface area contributed by atoms with Gasteiger partial charge in [0.1, 0.15) is 6.04 Å². The number of carboxylic acids is 2. The average molecular weight is 300 g/mol. The number of amides is 1. The molecule has 1 aliphatic rings. The van der Waals surface area contributed by atoms with Crippen LogP contribution in [-0.2, 0) is 14.4 Å². The molecule has 120 valence electrons. The summed E-state index contributed by atoms with van der Waals surface area (Å²) in [6, 6.07) is -1.94. The number of hydrogen-bond donors (Lipinski definition) is 4. The molecule has 2 atom stereocenters. The van der Waals surface area contributed by atoms with Crippen LogP contribution in [0.1, 0.15) is 51.4 Å². The number of carbonyl (C=O) groups is 3. The topological polar surface area (TPSA) is 130 Å². The van der Waals surface area contributed by atoms with Crippen LogP contribution < -0.4 is 11.1 Å². The maximum atomic E-state index is 11.9. The smallest absolute Gasteiger partial charge is 0.326 e. The molecule has 0 aromatic heterocycles. The van der Waals surface area contributed by atoms with Gasteiger partial charge in [0.05, 0.1) is 6.04 Å². The van der Waals surface area contributed by atoms with Gasteiger partial charge in [0.2, 0.25) is 5.91 Å². The average Bonchev–Trinajstić information content (AvgIpc) is 2.43. The third-order valence-corrected chi connectivity index (χ3v) is 3.91. The number of carbonyl (C=O) groups excluding carboxylic acids is 1. The van der Waals surface area contributed by atoms with Crippen LogP contribution in [0.2, 0.25) is 0 Å². The normalized spacial score (nSPS) is 18.7. The summed E-state index contributed by atoms with van der Waals surface area (Å²) in [6.07, 6.45) is 5.72. The van der Waals surface area contributed by atoms with Crippen LogP contribution >= 0.6 is 0 Å². The zero-order valence-electron chi connectivity index (χ0n) is 12.1. The molecule has 0 aliphatic heterocycles. The van der Waals surface area contributed by atoms with Gasteiger partial charge in [-0.2, -0.15) is 0 Å². The quantitative estimate of drug-likeness (QED) is 0.522. The van der Waals surface area contributed by atoms with Crippen molar-refractivity contribution >= 4 is 17.8 Å². The number of nitrogens with two attached hydrogens (primary N) is 1. The Kier molecular flexibility index (Phi) is 7.14. The Balaban J connectivity index is 2.43. The molecule has 1 rings (SSSR count). The Bertz CT molecular complexity index is 380. The molecule has 1 fully saturated rings. The molecular formula is C14H24N2O5. The van der Waals surface area contributed by atoms with E-state index in [2.05, 4.69) is 5.32 Å². The summed E-state index contributed by atoms with van der Waals surface area (Å²) in [6.45, 7) is 0. The van der Waals surface area contributed by atoms with Crippen molar-refractivity contribution in [3.8, 4) is 0 Å². The summed E-state index contributed by atoms with van der Waals surface area (Å²) in [5.41, 5.74) is 5.83. The Morgan fingerprint density at radius 2 is 1.76 bits per heavy atom. The van der Waals surface area contributed by atoms with Gasteiger partial charge in [0.25, 0.3) is 0 Å².